The highest BCUT2D eigenvalue weighted by molar-refractivity contribution is 7.21. The average molecular weight is 311 g/mol. The van der Waals surface area contributed by atoms with Crippen LogP contribution in [0.1, 0.15) is 0 Å². The Morgan fingerprint density at radius 1 is 1.09 bits per heavy atom. The number of nitrogens with two attached hydrogens (primary N) is 3. The lowest BCUT2D eigenvalue weighted by Crippen LogP contribution is -2.26. The summed E-state index contributed by atoms with van der Waals surface area (Å²) >= 11 is 1.52. The summed E-state index contributed by atoms with van der Waals surface area (Å²) in [4.78, 5) is 17.6. The molecule has 110 valence electrons. The van der Waals surface area contributed by atoms with Crippen LogP contribution in [0, 0.1) is 0 Å². The van der Waals surface area contributed by atoms with E-state index in [1.165, 1.54) is 11.3 Å². The molecule has 1 aromatic carbocycles. The molecular formula is C14H13N7S. The number of benzene rings is 1. The first-order chi connectivity index (χ1) is 10.6. The van der Waals surface area contributed by atoms with Crippen LogP contribution in [0.3, 0.4) is 0 Å². The molecule has 0 fully saturated rings. The van der Waals surface area contributed by atoms with E-state index in [1.54, 1.807) is 6.20 Å². The number of aliphatic imine (C=N–C) groups is 2. The number of guanidine groups is 2. The zero-order valence-electron chi connectivity index (χ0n) is 11.5. The molecule has 0 saturated carbocycles. The van der Waals surface area contributed by atoms with E-state index in [0.717, 1.165) is 20.9 Å². The Bertz CT molecular complexity index is 845. The zero-order chi connectivity index (χ0) is 15.5. The minimum absolute atomic E-state index is 0.00289. The van der Waals surface area contributed by atoms with Crippen molar-refractivity contribution < 1.29 is 0 Å². The molecule has 0 radical (unpaired) electrons. The number of fused-ring (bicyclic) bond motifs is 1. The van der Waals surface area contributed by atoms with Gasteiger partial charge in [-0.1, -0.05) is 23.5 Å². The highest BCUT2D eigenvalue weighted by Gasteiger charge is 2.07. The fourth-order valence-electron chi connectivity index (χ4n) is 1.89. The summed E-state index contributed by atoms with van der Waals surface area (Å²) in [6.07, 6.45) is 1.75. The van der Waals surface area contributed by atoms with Gasteiger partial charge in [-0.3, -0.25) is 0 Å². The Morgan fingerprint density at radius 3 is 2.73 bits per heavy atom. The van der Waals surface area contributed by atoms with Crippen molar-refractivity contribution >= 4 is 39.3 Å². The van der Waals surface area contributed by atoms with Crippen molar-refractivity contribution in [3.05, 3.63) is 42.6 Å². The molecule has 0 saturated heterocycles. The van der Waals surface area contributed by atoms with Gasteiger partial charge in [0.1, 0.15) is 15.4 Å². The van der Waals surface area contributed by atoms with Gasteiger partial charge in [-0.25, -0.2) is 15.0 Å². The molecule has 0 bridgehead atoms. The van der Waals surface area contributed by atoms with E-state index < -0.39 is 0 Å². The van der Waals surface area contributed by atoms with Crippen molar-refractivity contribution in [3.63, 3.8) is 0 Å². The second kappa shape index (κ2) is 5.78. The highest BCUT2D eigenvalue weighted by Crippen LogP contribution is 2.30. The summed E-state index contributed by atoms with van der Waals surface area (Å²) in [7, 11) is 0. The quantitative estimate of drug-likeness (QED) is 0.489. The number of thiazole rings is 1. The molecule has 6 N–H and O–H groups in total. The van der Waals surface area contributed by atoms with E-state index >= 15 is 0 Å². The summed E-state index contributed by atoms with van der Waals surface area (Å²) in [6.45, 7) is 0. The maximum atomic E-state index is 5.64. The van der Waals surface area contributed by atoms with Crippen molar-refractivity contribution in [1.82, 2.24) is 9.97 Å². The monoisotopic (exact) mass is 311 g/mol. The Morgan fingerprint density at radius 2 is 1.95 bits per heavy atom. The second-order valence-electron chi connectivity index (χ2n) is 4.40. The largest absolute Gasteiger partial charge is 0.370 e. The van der Waals surface area contributed by atoms with Crippen molar-refractivity contribution in [2.75, 3.05) is 0 Å². The van der Waals surface area contributed by atoms with Crippen molar-refractivity contribution in [2.45, 2.75) is 0 Å². The topological polar surface area (TPSA) is 129 Å². The highest BCUT2D eigenvalue weighted by atomic mass is 32.1. The summed E-state index contributed by atoms with van der Waals surface area (Å²) in [5.41, 5.74) is 18.6. The minimum atomic E-state index is -0.130. The van der Waals surface area contributed by atoms with Crippen LogP contribution in [0.15, 0.2) is 52.6 Å². The smallest absolute Gasteiger partial charge is 0.223 e. The van der Waals surface area contributed by atoms with Gasteiger partial charge in [-0.2, -0.15) is 4.99 Å². The zero-order valence-corrected chi connectivity index (χ0v) is 12.3. The number of aromatic nitrogens is 2. The Balaban J connectivity index is 1.99. The summed E-state index contributed by atoms with van der Waals surface area (Å²) in [6, 6.07) is 11.3. The predicted molar refractivity (Wildman–Crippen MR) is 89.9 cm³/mol. The average Bonchev–Trinajstić information content (AvgIpc) is 2.90. The molecule has 0 aliphatic heterocycles. The van der Waals surface area contributed by atoms with Crippen LogP contribution in [0.2, 0.25) is 0 Å². The molecule has 2 heterocycles. The Hall–Kier alpha value is -3.00. The fourth-order valence-corrected chi connectivity index (χ4v) is 2.80. The number of pyridine rings is 1. The summed E-state index contributed by atoms with van der Waals surface area (Å²) in [5, 5.41) is 0.867. The second-order valence-corrected chi connectivity index (χ2v) is 5.38. The molecule has 0 amide bonds. The van der Waals surface area contributed by atoms with Gasteiger partial charge in [0, 0.05) is 11.8 Å². The molecular weight excluding hydrogens is 298 g/mol. The lowest BCUT2D eigenvalue weighted by molar-refractivity contribution is 1.38. The van der Waals surface area contributed by atoms with Crippen LogP contribution in [0.25, 0.3) is 20.9 Å². The predicted octanol–water partition coefficient (Wildman–Crippen LogP) is 1.58. The van der Waals surface area contributed by atoms with Gasteiger partial charge in [0.2, 0.25) is 5.96 Å². The van der Waals surface area contributed by atoms with Crippen LogP contribution < -0.4 is 17.2 Å². The van der Waals surface area contributed by atoms with Crippen LogP contribution in [0.5, 0.6) is 0 Å². The van der Waals surface area contributed by atoms with Gasteiger partial charge in [-0.15, -0.1) is 0 Å². The summed E-state index contributed by atoms with van der Waals surface area (Å²) in [5.74, 6) is -0.127. The molecule has 0 spiro atoms. The number of hydrogen-bond donors (Lipinski definition) is 3. The van der Waals surface area contributed by atoms with Gasteiger partial charge in [0.25, 0.3) is 0 Å². The molecule has 0 aliphatic rings. The van der Waals surface area contributed by atoms with Crippen LogP contribution in [-0.4, -0.2) is 21.9 Å². The summed E-state index contributed by atoms with van der Waals surface area (Å²) < 4.78 is 0. The van der Waals surface area contributed by atoms with Crippen molar-refractivity contribution in [3.8, 4) is 10.6 Å². The first kappa shape index (κ1) is 14.0. The number of nitrogens with zero attached hydrogens (tertiary/aromatic N) is 4. The van der Waals surface area contributed by atoms with E-state index in [0.29, 0.717) is 5.69 Å². The number of rotatable bonds is 2. The van der Waals surface area contributed by atoms with Gasteiger partial charge < -0.3 is 17.2 Å². The Kier molecular flexibility index (Phi) is 3.67. The van der Waals surface area contributed by atoms with E-state index in [1.807, 2.05) is 36.4 Å². The molecule has 0 aliphatic carbocycles. The van der Waals surface area contributed by atoms with E-state index in [4.69, 9.17) is 17.2 Å². The maximum absolute atomic E-state index is 5.64. The van der Waals surface area contributed by atoms with Gasteiger partial charge >= 0.3 is 0 Å². The first-order valence-corrected chi connectivity index (χ1v) is 7.19. The molecule has 0 atom stereocenters. The van der Waals surface area contributed by atoms with E-state index in [-0.39, 0.29) is 11.9 Å². The van der Waals surface area contributed by atoms with E-state index in [9.17, 15) is 0 Å². The maximum Gasteiger partial charge on any atom is 0.223 e. The first-order valence-electron chi connectivity index (χ1n) is 6.37. The van der Waals surface area contributed by atoms with Gasteiger partial charge in [0.05, 0.1) is 5.69 Å². The van der Waals surface area contributed by atoms with Crippen LogP contribution in [0.4, 0.5) is 5.69 Å². The molecule has 2 aromatic heterocycles. The molecule has 7 nitrogen and oxygen atoms in total. The lowest BCUT2D eigenvalue weighted by Gasteiger charge is -1.99. The lowest BCUT2D eigenvalue weighted by atomic mass is 10.2. The van der Waals surface area contributed by atoms with Gasteiger partial charge in [0.15, 0.2) is 5.96 Å². The number of hydrogen-bond acceptors (Lipinski definition) is 4. The van der Waals surface area contributed by atoms with Crippen molar-refractivity contribution in [2.24, 2.45) is 27.2 Å². The third kappa shape index (κ3) is 3.01. The van der Waals surface area contributed by atoms with Crippen molar-refractivity contribution in [1.29, 1.82) is 0 Å². The fraction of sp³-hybridized carbons (Fsp3) is 0. The molecule has 22 heavy (non-hydrogen) atoms. The molecule has 0 unspecified atom stereocenters. The molecule has 3 aromatic rings. The standard InChI is InChI=1S/C14H13N7S/c15-13(16)21-14(17)19-9-4-1-3-8(7-9)11-20-10-5-2-6-18-12(10)22-11/h1-7H,(H6,15,16,17,19,21). The van der Waals surface area contributed by atoms with Crippen LogP contribution >= 0.6 is 11.3 Å². The third-order valence-corrected chi connectivity index (χ3v) is 3.78. The van der Waals surface area contributed by atoms with Crippen LogP contribution in [-0.2, 0) is 0 Å². The SMILES string of the molecule is NC(N)=NC(N)=Nc1cccc(-c2nc3cccnc3s2)c1. The normalized spacial score (nSPS) is 11.5. The molecule has 3 rings (SSSR count). The van der Waals surface area contributed by atoms with Gasteiger partial charge in [-0.05, 0) is 24.3 Å². The third-order valence-electron chi connectivity index (χ3n) is 2.75. The van der Waals surface area contributed by atoms with E-state index in [2.05, 4.69) is 20.0 Å². The minimum Gasteiger partial charge on any atom is -0.370 e. The Labute approximate surface area is 130 Å². The molecule has 8 heteroatoms.